The molecule has 2 aromatic rings. The fourth-order valence-corrected chi connectivity index (χ4v) is 2.09. The number of benzene rings is 1. The predicted octanol–water partition coefficient (Wildman–Crippen LogP) is 2.92. The monoisotopic (exact) mass is 277 g/mol. The number of carbonyl (C=O) groups is 1. The van der Waals surface area contributed by atoms with Crippen molar-refractivity contribution in [3.63, 3.8) is 0 Å². The largest absolute Gasteiger partial charge is 0.473 e. The summed E-state index contributed by atoms with van der Waals surface area (Å²) in [5.41, 5.74) is 2.22. The molecule has 0 atom stereocenters. The SMILES string of the molecule is Cc1ccc(OCNC(=O)Nc2nccs2)c(C)c1. The summed E-state index contributed by atoms with van der Waals surface area (Å²) in [7, 11) is 0. The third-order valence-corrected chi connectivity index (χ3v) is 3.13. The standard InChI is InChI=1S/C13H15N3O2S/c1-9-3-4-11(10(2)7-9)18-8-15-12(17)16-13-14-5-6-19-13/h3-7H,8H2,1-2H3,(H2,14,15,16,17). The summed E-state index contributed by atoms with van der Waals surface area (Å²) in [5, 5.41) is 7.57. The molecule has 0 radical (unpaired) electrons. The average molecular weight is 277 g/mol. The first-order chi connectivity index (χ1) is 9.15. The summed E-state index contributed by atoms with van der Waals surface area (Å²) in [5.74, 6) is 0.764. The highest BCUT2D eigenvalue weighted by atomic mass is 32.1. The molecular formula is C13H15N3O2S. The minimum atomic E-state index is -0.334. The number of aryl methyl sites for hydroxylation is 2. The highest BCUT2D eigenvalue weighted by Crippen LogP contribution is 2.18. The van der Waals surface area contributed by atoms with Crippen LogP contribution in [0.1, 0.15) is 11.1 Å². The minimum Gasteiger partial charge on any atom is -0.473 e. The van der Waals surface area contributed by atoms with Crippen LogP contribution >= 0.6 is 11.3 Å². The van der Waals surface area contributed by atoms with E-state index in [4.69, 9.17) is 4.74 Å². The first-order valence-corrected chi connectivity index (χ1v) is 6.67. The van der Waals surface area contributed by atoms with Gasteiger partial charge in [0, 0.05) is 11.6 Å². The Morgan fingerprint density at radius 1 is 1.42 bits per heavy atom. The number of carbonyl (C=O) groups excluding carboxylic acids is 1. The zero-order valence-electron chi connectivity index (χ0n) is 10.8. The molecule has 0 saturated carbocycles. The Hall–Kier alpha value is -2.08. The van der Waals surface area contributed by atoms with Crippen molar-refractivity contribution in [2.75, 3.05) is 12.0 Å². The molecule has 2 N–H and O–H groups in total. The molecule has 2 rings (SSSR count). The number of hydrogen-bond acceptors (Lipinski definition) is 4. The van der Waals surface area contributed by atoms with Gasteiger partial charge in [-0.3, -0.25) is 5.32 Å². The van der Waals surface area contributed by atoms with Crippen molar-refractivity contribution in [1.29, 1.82) is 0 Å². The van der Waals surface area contributed by atoms with Crippen molar-refractivity contribution in [3.05, 3.63) is 40.9 Å². The molecule has 0 spiro atoms. The van der Waals surface area contributed by atoms with Crippen molar-refractivity contribution < 1.29 is 9.53 Å². The van der Waals surface area contributed by atoms with Crippen molar-refractivity contribution in [3.8, 4) is 5.75 Å². The number of aromatic nitrogens is 1. The number of hydrogen-bond donors (Lipinski definition) is 2. The van der Waals surface area contributed by atoms with Gasteiger partial charge >= 0.3 is 6.03 Å². The number of amides is 2. The second-order valence-electron chi connectivity index (χ2n) is 4.03. The molecule has 0 unspecified atom stereocenters. The van der Waals surface area contributed by atoms with Crippen LogP contribution in [0.15, 0.2) is 29.8 Å². The number of thiazole rings is 1. The maximum absolute atomic E-state index is 11.5. The van der Waals surface area contributed by atoms with E-state index in [1.54, 1.807) is 11.6 Å². The lowest BCUT2D eigenvalue weighted by Gasteiger charge is -2.10. The van der Waals surface area contributed by atoms with Gasteiger partial charge in [-0.2, -0.15) is 0 Å². The number of nitrogens with zero attached hydrogens (tertiary/aromatic N) is 1. The molecule has 100 valence electrons. The summed E-state index contributed by atoms with van der Waals surface area (Å²) in [6, 6.07) is 5.56. The number of ether oxygens (including phenoxy) is 1. The van der Waals surface area contributed by atoms with Crippen molar-refractivity contribution in [1.82, 2.24) is 10.3 Å². The molecule has 0 aliphatic heterocycles. The lowest BCUT2D eigenvalue weighted by molar-refractivity contribution is 0.234. The first-order valence-electron chi connectivity index (χ1n) is 5.79. The van der Waals surface area contributed by atoms with Crippen molar-refractivity contribution in [2.45, 2.75) is 13.8 Å². The Kier molecular flexibility index (Phi) is 4.35. The summed E-state index contributed by atoms with van der Waals surface area (Å²) >= 11 is 1.36. The third kappa shape index (κ3) is 3.96. The van der Waals surface area contributed by atoms with Gasteiger partial charge in [0.2, 0.25) is 0 Å². The molecule has 1 aromatic heterocycles. The van der Waals surface area contributed by atoms with Crippen LogP contribution in [0.2, 0.25) is 0 Å². The van der Waals surface area contributed by atoms with E-state index in [2.05, 4.69) is 15.6 Å². The lowest BCUT2D eigenvalue weighted by Crippen LogP contribution is -2.32. The summed E-state index contributed by atoms with van der Waals surface area (Å²) in [4.78, 5) is 15.5. The average Bonchev–Trinajstić information content (AvgIpc) is 2.84. The molecule has 0 aliphatic rings. The van der Waals surface area contributed by atoms with Gasteiger partial charge < -0.3 is 10.1 Å². The van der Waals surface area contributed by atoms with E-state index in [-0.39, 0.29) is 12.8 Å². The van der Waals surface area contributed by atoms with Gasteiger partial charge in [0.15, 0.2) is 11.9 Å². The van der Waals surface area contributed by atoms with Gasteiger partial charge in [0.25, 0.3) is 0 Å². The van der Waals surface area contributed by atoms with E-state index in [1.165, 1.54) is 16.9 Å². The van der Waals surface area contributed by atoms with E-state index in [9.17, 15) is 4.79 Å². The molecule has 5 nitrogen and oxygen atoms in total. The molecule has 6 heteroatoms. The maximum atomic E-state index is 11.5. The fourth-order valence-electron chi connectivity index (χ4n) is 1.57. The molecule has 19 heavy (non-hydrogen) atoms. The quantitative estimate of drug-likeness (QED) is 0.845. The summed E-state index contributed by atoms with van der Waals surface area (Å²) in [6.07, 6.45) is 1.63. The zero-order chi connectivity index (χ0) is 13.7. The first kappa shape index (κ1) is 13.4. The van der Waals surface area contributed by atoms with Crippen molar-refractivity contribution in [2.24, 2.45) is 0 Å². The van der Waals surface area contributed by atoms with Crippen LogP contribution < -0.4 is 15.4 Å². The van der Waals surface area contributed by atoms with Gasteiger partial charge in [0.1, 0.15) is 5.75 Å². The van der Waals surface area contributed by atoms with E-state index in [1.807, 2.05) is 32.0 Å². The summed E-state index contributed by atoms with van der Waals surface area (Å²) < 4.78 is 5.49. The molecular weight excluding hydrogens is 262 g/mol. The van der Waals surface area contributed by atoms with Crippen LogP contribution in [0.4, 0.5) is 9.93 Å². The molecule has 0 bridgehead atoms. The Morgan fingerprint density at radius 3 is 2.95 bits per heavy atom. The van der Waals surface area contributed by atoms with Crippen LogP contribution in [-0.2, 0) is 0 Å². The molecule has 1 heterocycles. The van der Waals surface area contributed by atoms with Crippen LogP contribution in [0, 0.1) is 13.8 Å². The molecule has 0 aliphatic carbocycles. The highest BCUT2D eigenvalue weighted by Gasteiger charge is 2.04. The van der Waals surface area contributed by atoms with E-state index < -0.39 is 0 Å². The Labute approximate surface area is 115 Å². The second-order valence-corrected chi connectivity index (χ2v) is 4.92. The smallest absolute Gasteiger partial charge is 0.323 e. The van der Waals surface area contributed by atoms with Gasteiger partial charge in [-0.05, 0) is 25.5 Å². The van der Waals surface area contributed by atoms with E-state index in [0.29, 0.717) is 5.13 Å². The molecule has 2 amide bonds. The normalized spacial score (nSPS) is 10.0. The Bertz CT molecular complexity index is 555. The minimum absolute atomic E-state index is 0.112. The van der Waals surface area contributed by atoms with E-state index >= 15 is 0 Å². The lowest BCUT2D eigenvalue weighted by atomic mass is 10.1. The number of nitrogens with one attached hydrogen (secondary N) is 2. The van der Waals surface area contributed by atoms with Gasteiger partial charge in [-0.1, -0.05) is 17.7 Å². The fraction of sp³-hybridized carbons (Fsp3) is 0.231. The van der Waals surface area contributed by atoms with Crippen LogP contribution in [0.3, 0.4) is 0 Å². The molecule has 0 fully saturated rings. The van der Waals surface area contributed by atoms with Crippen LogP contribution in [0.5, 0.6) is 5.75 Å². The second kappa shape index (κ2) is 6.19. The zero-order valence-corrected chi connectivity index (χ0v) is 11.6. The van der Waals surface area contributed by atoms with Gasteiger partial charge in [-0.25, -0.2) is 9.78 Å². The third-order valence-electron chi connectivity index (χ3n) is 2.44. The van der Waals surface area contributed by atoms with Gasteiger partial charge in [-0.15, -0.1) is 11.3 Å². The number of urea groups is 1. The topological polar surface area (TPSA) is 63.2 Å². The van der Waals surface area contributed by atoms with E-state index in [0.717, 1.165) is 11.3 Å². The van der Waals surface area contributed by atoms with Crippen LogP contribution in [0.25, 0.3) is 0 Å². The van der Waals surface area contributed by atoms with Gasteiger partial charge in [0.05, 0.1) is 0 Å². The predicted molar refractivity (Wildman–Crippen MR) is 75.7 cm³/mol. The number of rotatable bonds is 4. The molecule has 0 saturated heterocycles. The van der Waals surface area contributed by atoms with Crippen LogP contribution in [-0.4, -0.2) is 17.7 Å². The molecule has 1 aromatic carbocycles. The van der Waals surface area contributed by atoms with Crippen molar-refractivity contribution >= 4 is 22.5 Å². The maximum Gasteiger partial charge on any atom is 0.323 e. The highest BCUT2D eigenvalue weighted by molar-refractivity contribution is 7.13. The summed E-state index contributed by atoms with van der Waals surface area (Å²) in [6.45, 7) is 4.11. The number of anilines is 1. The Morgan fingerprint density at radius 2 is 2.26 bits per heavy atom. The Balaban J connectivity index is 1.78.